The van der Waals surface area contributed by atoms with Crippen LogP contribution in [0.1, 0.15) is 23.6 Å². The molecule has 1 heterocycles. The zero-order valence-electron chi connectivity index (χ0n) is 11.9. The third kappa shape index (κ3) is 3.22. The second kappa shape index (κ2) is 6.08. The second-order valence-corrected chi connectivity index (χ2v) is 5.96. The van der Waals surface area contributed by atoms with Gasteiger partial charge in [0.25, 0.3) is 0 Å². The maximum atomic E-state index is 11.7. The van der Waals surface area contributed by atoms with E-state index >= 15 is 0 Å². The number of rotatable bonds is 3. The van der Waals surface area contributed by atoms with E-state index in [9.17, 15) is 9.59 Å². The van der Waals surface area contributed by atoms with Gasteiger partial charge >= 0.3 is 5.63 Å². The average Bonchev–Trinajstić information content (AvgIpc) is 2.41. The van der Waals surface area contributed by atoms with Gasteiger partial charge < -0.3 is 9.73 Å². The minimum absolute atomic E-state index is 0.193. The van der Waals surface area contributed by atoms with E-state index in [0.29, 0.717) is 16.2 Å². The molecule has 1 N–H and O–H groups in total. The SMILES string of the molecule is Cc1cc2oc(=O)cc(CNC(=O)C(C)Cl)c2c(C)c1Cl. The van der Waals surface area contributed by atoms with E-state index in [1.54, 1.807) is 13.0 Å². The van der Waals surface area contributed by atoms with Gasteiger partial charge in [-0.15, -0.1) is 11.6 Å². The maximum Gasteiger partial charge on any atom is 0.336 e. The number of fused-ring (bicyclic) bond motifs is 1. The molecule has 1 amide bonds. The molecule has 112 valence electrons. The summed E-state index contributed by atoms with van der Waals surface area (Å²) < 4.78 is 5.22. The van der Waals surface area contributed by atoms with Crippen molar-refractivity contribution >= 4 is 40.1 Å². The summed E-state index contributed by atoms with van der Waals surface area (Å²) in [5.41, 5.74) is 2.31. The summed E-state index contributed by atoms with van der Waals surface area (Å²) in [7, 11) is 0. The van der Waals surface area contributed by atoms with E-state index in [4.69, 9.17) is 27.6 Å². The lowest BCUT2D eigenvalue weighted by Crippen LogP contribution is -2.29. The smallest absolute Gasteiger partial charge is 0.336 e. The molecule has 1 unspecified atom stereocenters. The quantitative estimate of drug-likeness (QED) is 0.695. The molecule has 0 aliphatic rings. The number of nitrogens with one attached hydrogen (secondary N) is 1. The van der Waals surface area contributed by atoms with E-state index in [1.165, 1.54) is 6.07 Å². The van der Waals surface area contributed by atoms with Crippen molar-refractivity contribution in [2.24, 2.45) is 0 Å². The highest BCUT2D eigenvalue weighted by atomic mass is 35.5. The predicted molar refractivity (Wildman–Crippen MR) is 84.1 cm³/mol. The molecule has 2 aromatic rings. The van der Waals surface area contributed by atoms with Gasteiger partial charge in [-0.2, -0.15) is 0 Å². The van der Waals surface area contributed by atoms with Crippen LogP contribution in [-0.2, 0) is 11.3 Å². The van der Waals surface area contributed by atoms with Gasteiger partial charge in [-0.3, -0.25) is 4.79 Å². The first-order chi connectivity index (χ1) is 9.81. The Labute approximate surface area is 132 Å². The monoisotopic (exact) mass is 327 g/mol. The van der Waals surface area contributed by atoms with Crippen LogP contribution < -0.4 is 10.9 Å². The van der Waals surface area contributed by atoms with Crippen LogP contribution in [0.4, 0.5) is 0 Å². The van der Waals surface area contributed by atoms with Crippen LogP contribution in [0.5, 0.6) is 0 Å². The van der Waals surface area contributed by atoms with E-state index < -0.39 is 11.0 Å². The van der Waals surface area contributed by atoms with Crippen LogP contribution in [-0.4, -0.2) is 11.3 Å². The fourth-order valence-corrected chi connectivity index (χ4v) is 2.44. The van der Waals surface area contributed by atoms with Crippen LogP contribution >= 0.6 is 23.2 Å². The van der Waals surface area contributed by atoms with Crippen LogP contribution in [0.15, 0.2) is 21.3 Å². The Hall–Kier alpha value is -1.52. The molecular weight excluding hydrogens is 313 g/mol. The van der Waals surface area contributed by atoms with E-state index in [1.807, 2.05) is 13.8 Å². The highest BCUT2D eigenvalue weighted by molar-refractivity contribution is 6.33. The molecule has 0 aliphatic carbocycles. The van der Waals surface area contributed by atoms with Gasteiger partial charge in [0.05, 0.1) is 0 Å². The number of hydrogen-bond donors (Lipinski definition) is 1. The Bertz CT molecular complexity index is 766. The molecule has 4 nitrogen and oxygen atoms in total. The number of halogens is 2. The summed E-state index contributed by atoms with van der Waals surface area (Å²) in [6.45, 7) is 5.48. The van der Waals surface area contributed by atoms with Crippen molar-refractivity contribution in [3.8, 4) is 0 Å². The highest BCUT2D eigenvalue weighted by Gasteiger charge is 2.14. The number of alkyl halides is 1. The summed E-state index contributed by atoms with van der Waals surface area (Å²) in [6, 6.07) is 3.09. The van der Waals surface area contributed by atoms with E-state index in [2.05, 4.69) is 5.32 Å². The number of aryl methyl sites for hydroxylation is 2. The predicted octanol–water partition coefficient (Wildman–Crippen LogP) is 3.31. The molecule has 0 aliphatic heterocycles. The molecule has 21 heavy (non-hydrogen) atoms. The summed E-state index contributed by atoms with van der Waals surface area (Å²) in [5.74, 6) is -0.297. The largest absolute Gasteiger partial charge is 0.423 e. The Morgan fingerprint density at radius 1 is 1.38 bits per heavy atom. The van der Waals surface area contributed by atoms with Crippen molar-refractivity contribution in [2.75, 3.05) is 0 Å². The number of hydrogen-bond acceptors (Lipinski definition) is 3. The molecule has 1 aromatic heterocycles. The lowest BCUT2D eigenvalue weighted by atomic mass is 10.0. The molecule has 2 rings (SSSR count). The molecule has 1 atom stereocenters. The fourth-order valence-electron chi connectivity index (χ4n) is 2.22. The van der Waals surface area contributed by atoms with Crippen molar-refractivity contribution in [3.05, 3.63) is 44.3 Å². The van der Waals surface area contributed by atoms with E-state index in [0.717, 1.165) is 16.5 Å². The van der Waals surface area contributed by atoms with Crippen LogP contribution in [0.25, 0.3) is 11.0 Å². The lowest BCUT2D eigenvalue weighted by Gasteiger charge is -2.12. The van der Waals surface area contributed by atoms with E-state index in [-0.39, 0.29) is 12.5 Å². The molecule has 0 spiro atoms. The van der Waals surface area contributed by atoms with Crippen LogP contribution in [0.2, 0.25) is 5.02 Å². The van der Waals surface area contributed by atoms with Gasteiger partial charge in [-0.25, -0.2) is 4.79 Å². The zero-order valence-corrected chi connectivity index (χ0v) is 13.4. The molecule has 6 heteroatoms. The Kier molecular flexibility index (Phi) is 4.59. The maximum absolute atomic E-state index is 11.7. The molecule has 0 fully saturated rings. The van der Waals surface area contributed by atoms with Crippen LogP contribution in [0.3, 0.4) is 0 Å². The molecule has 0 saturated heterocycles. The van der Waals surface area contributed by atoms with Crippen molar-refractivity contribution in [1.29, 1.82) is 0 Å². The van der Waals surface area contributed by atoms with Gasteiger partial charge in [0.2, 0.25) is 5.91 Å². The standard InChI is InChI=1S/C15H15Cl2NO3/c1-7-4-11-13(8(2)14(7)17)10(5-12(19)21-11)6-18-15(20)9(3)16/h4-5,9H,6H2,1-3H3,(H,18,20). The minimum atomic E-state index is -0.636. The molecule has 0 bridgehead atoms. The Morgan fingerprint density at radius 2 is 2.05 bits per heavy atom. The van der Waals surface area contributed by atoms with Gasteiger partial charge in [-0.05, 0) is 43.5 Å². The molecule has 0 radical (unpaired) electrons. The molecule has 1 aromatic carbocycles. The van der Waals surface area contributed by atoms with Gasteiger partial charge in [-0.1, -0.05) is 11.6 Å². The minimum Gasteiger partial charge on any atom is -0.423 e. The third-order valence-electron chi connectivity index (χ3n) is 3.28. The van der Waals surface area contributed by atoms with Gasteiger partial charge in [0, 0.05) is 23.0 Å². The average molecular weight is 328 g/mol. The second-order valence-electron chi connectivity index (χ2n) is 4.93. The fraction of sp³-hybridized carbons (Fsp3) is 0.333. The molecule has 0 saturated carbocycles. The number of benzene rings is 1. The summed E-state index contributed by atoms with van der Waals surface area (Å²) in [6.07, 6.45) is 0. The van der Waals surface area contributed by atoms with Gasteiger partial charge in [0.1, 0.15) is 11.0 Å². The van der Waals surface area contributed by atoms with Gasteiger partial charge in [0.15, 0.2) is 0 Å². The highest BCUT2D eigenvalue weighted by Crippen LogP contribution is 2.30. The third-order valence-corrected chi connectivity index (χ3v) is 4.06. The normalized spacial score (nSPS) is 12.4. The van der Waals surface area contributed by atoms with Crippen molar-refractivity contribution in [1.82, 2.24) is 5.32 Å². The van der Waals surface area contributed by atoms with Crippen molar-refractivity contribution in [3.63, 3.8) is 0 Å². The zero-order chi connectivity index (χ0) is 15.7. The summed E-state index contributed by atoms with van der Waals surface area (Å²) in [4.78, 5) is 23.2. The first kappa shape index (κ1) is 15.9. The number of carbonyl (C=O) groups is 1. The Balaban J connectivity index is 2.55. The first-order valence-corrected chi connectivity index (χ1v) is 7.27. The number of amides is 1. The first-order valence-electron chi connectivity index (χ1n) is 6.45. The summed E-state index contributed by atoms with van der Waals surface area (Å²) in [5, 5.41) is 3.41. The lowest BCUT2D eigenvalue weighted by molar-refractivity contribution is -0.120. The van der Waals surface area contributed by atoms with Crippen molar-refractivity contribution in [2.45, 2.75) is 32.7 Å². The molecular formula is C15H15Cl2NO3. The van der Waals surface area contributed by atoms with Crippen molar-refractivity contribution < 1.29 is 9.21 Å². The summed E-state index contributed by atoms with van der Waals surface area (Å²) >= 11 is 12.0. The Morgan fingerprint density at radius 3 is 2.67 bits per heavy atom. The topological polar surface area (TPSA) is 59.3 Å². The van der Waals surface area contributed by atoms with Crippen LogP contribution in [0, 0.1) is 13.8 Å². The number of carbonyl (C=O) groups excluding carboxylic acids is 1.